The van der Waals surface area contributed by atoms with Crippen molar-refractivity contribution in [1.29, 1.82) is 0 Å². The Morgan fingerprint density at radius 2 is 2.12 bits per heavy atom. The molecule has 0 bridgehead atoms. The van der Waals surface area contributed by atoms with E-state index in [0.29, 0.717) is 32.7 Å². The minimum Gasteiger partial charge on any atom is -0.491 e. The summed E-state index contributed by atoms with van der Waals surface area (Å²) in [5.74, 6) is -1.60. The van der Waals surface area contributed by atoms with Gasteiger partial charge in [-0.2, -0.15) is 0 Å². The third kappa shape index (κ3) is 5.44. The van der Waals surface area contributed by atoms with Gasteiger partial charge in [-0.3, -0.25) is 0 Å². The van der Waals surface area contributed by atoms with Crippen LogP contribution in [0, 0.1) is 11.6 Å². The maximum Gasteiger partial charge on any atom is 0.410 e. The van der Waals surface area contributed by atoms with Crippen LogP contribution in [0.5, 0.6) is 5.75 Å². The lowest BCUT2D eigenvalue weighted by Gasteiger charge is -2.34. The first-order chi connectivity index (χ1) is 11.6. The van der Waals surface area contributed by atoms with Crippen molar-refractivity contribution < 1.29 is 23.0 Å². The highest BCUT2D eigenvalue weighted by molar-refractivity contribution is 5.85. The molecule has 5 nitrogen and oxygen atoms in total. The maximum absolute atomic E-state index is 14.3. The smallest absolute Gasteiger partial charge is 0.410 e. The van der Waals surface area contributed by atoms with E-state index in [1.165, 1.54) is 6.07 Å². The zero-order valence-electron chi connectivity index (χ0n) is 14.5. The van der Waals surface area contributed by atoms with Crippen LogP contribution in [0.3, 0.4) is 0 Å². The van der Waals surface area contributed by atoms with Gasteiger partial charge in [0.2, 0.25) is 0 Å². The molecule has 0 spiro atoms. The molecule has 0 radical (unpaired) electrons. The highest BCUT2D eigenvalue weighted by atomic mass is 35.5. The van der Waals surface area contributed by atoms with Crippen molar-refractivity contribution in [3.63, 3.8) is 0 Å². The van der Waals surface area contributed by atoms with Crippen molar-refractivity contribution in [3.05, 3.63) is 29.3 Å². The first-order valence-corrected chi connectivity index (χ1v) is 8.32. The second kappa shape index (κ2) is 10.4. The first-order valence-electron chi connectivity index (χ1n) is 8.32. The average molecular weight is 379 g/mol. The number of hydrogen-bond donors (Lipinski definition) is 1. The summed E-state index contributed by atoms with van der Waals surface area (Å²) in [7, 11) is 0. The molecule has 1 amide bonds. The van der Waals surface area contributed by atoms with Crippen molar-refractivity contribution in [2.45, 2.75) is 39.3 Å². The minimum atomic E-state index is -0.816. The van der Waals surface area contributed by atoms with E-state index in [9.17, 15) is 13.6 Å². The minimum absolute atomic E-state index is 0. The number of ether oxygens (including phenoxy) is 2. The molecule has 1 saturated heterocycles. The highest BCUT2D eigenvalue weighted by Gasteiger charge is 2.27. The molecule has 25 heavy (non-hydrogen) atoms. The van der Waals surface area contributed by atoms with Crippen molar-refractivity contribution in [2.24, 2.45) is 0 Å². The molecule has 0 aromatic heterocycles. The lowest BCUT2D eigenvalue weighted by molar-refractivity contribution is 0.0697. The summed E-state index contributed by atoms with van der Waals surface area (Å²) in [4.78, 5) is 13.8. The summed E-state index contributed by atoms with van der Waals surface area (Å²) in [6.45, 7) is 5.62. The van der Waals surface area contributed by atoms with E-state index in [1.54, 1.807) is 4.90 Å². The van der Waals surface area contributed by atoms with Gasteiger partial charge < -0.3 is 19.7 Å². The molecular weight excluding hydrogens is 354 g/mol. The van der Waals surface area contributed by atoms with Crippen molar-refractivity contribution in [2.75, 3.05) is 26.2 Å². The number of hydrogen-bond acceptors (Lipinski definition) is 4. The van der Waals surface area contributed by atoms with Crippen LogP contribution in [-0.2, 0) is 11.3 Å². The molecule has 1 aromatic carbocycles. The Morgan fingerprint density at radius 3 is 2.80 bits per heavy atom. The third-order valence-corrected chi connectivity index (χ3v) is 4.01. The molecule has 0 aliphatic carbocycles. The number of halogens is 3. The molecule has 2 rings (SSSR count). The van der Waals surface area contributed by atoms with Gasteiger partial charge in [0.1, 0.15) is 12.4 Å². The molecule has 1 fully saturated rings. The second-order valence-electron chi connectivity index (χ2n) is 5.70. The fraction of sp³-hybridized carbons (Fsp3) is 0.588. The molecule has 1 aromatic rings. The van der Waals surface area contributed by atoms with Crippen molar-refractivity contribution >= 4 is 18.5 Å². The molecule has 0 saturated carbocycles. The van der Waals surface area contributed by atoms with E-state index in [-0.39, 0.29) is 29.8 Å². The van der Waals surface area contributed by atoms with Crippen LogP contribution in [0.25, 0.3) is 0 Å². The summed E-state index contributed by atoms with van der Waals surface area (Å²) >= 11 is 0. The van der Waals surface area contributed by atoms with Crippen LogP contribution in [0.2, 0.25) is 0 Å². The van der Waals surface area contributed by atoms with Gasteiger partial charge in [0.15, 0.2) is 11.6 Å². The number of benzene rings is 1. The van der Waals surface area contributed by atoms with E-state index >= 15 is 0 Å². The largest absolute Gasteiger partial charge is 0.491 e. The van der Waals surface area contributed by atoms with Gasteiger partial charge in [0, 0.05) is 25.7 Å². The van der Waals surface area contributed by atoms with Crippen LogP contribution in [-0.4, -0.2) is 43.3 Å². The van der Waals surface area contributed by atoms with Gasteiger partial charge in [-0.1, -0.05) is 13.8 Å². The maximum atomic E-state index is 14.3. The number of piperazine rings is 1. The molecule has 1 aliphatic heterocycles. The second-order valence-corrected chi connectivity index (χ2v) is 5.70. The van der Waals surface area contributed by atoms with E-state index in [4.69, 9.17) is 9.47 Å². The van der Waals surface area contributed by atoms with Gasteiger partial charge in [-0.05, 0) is 25.0 Å². The number of amides is 1. The Labute approximate surface area is 153 Å². The predicted molar refractivity (Wildman–Crippen MR) is 93.2 cm³/mol. The van der Waals surface area contributed by atoms with Crippen molar-refractivity contribution in [1.82, 2.24) is 10.2 Å². The molecule has 142 valence electrons. The Bertz CT molecular complexity index is 575. The Kier molecular flexibility index (Phi) is 8.92. The zero-order chi connectivity index (χ0) is 17.5. The lowest BCUT2D eigenvalue weighted by Crippen LogP contribution is -2.53. The predicted octanol–water partition coefficient (Wildman–Crippen LogP) is 3.50. The molecule has 1 atom stereocenters. The molecule has 8 heteroatoms. The SMILES string of the molecule is CCCOc1ccc(F)c(COC(=O)N2CCNCC2CC)c1F.Cl. The number of rotatable bonds is 6. The Hall–Kier alpha value is -1.60. The van der Waals surface area contributed by atoms with E-state index < -0.39 is 24.3 Å². The average Bonchev–Trinajstić information content (AvgIpc) is 2.60. The highest BCUT2D eigenvalue weighted by Crippen LogP contribution is 2.24. The topological polar surface area (TPSA) is 50.8 Å². The van der Waals surface area contributed by atoms with Crippen LogP contribution in [0.15, 0.2) is 12.1 Å². The molecule has 1 heterocycles. The standard InChI is InChI=1S/C17H24F2N2O3.ClH/c1-3-9-23-15-6-5-14(18)13(16(15)19)11-24-17(22)21-8-7-20-10-12(21)4-2;/h5-6,12,20H,3-4,7-11H2,1-2H3;1H. The van der Waals surface area contributed by atoms with E-state index in [0.717, 1.165) is 12.5 Å². The number of carbonyl (C=O) groups is 1. The summed E-state index contributed by atoms with van der Waals surface area (Å²) < 4.78 is 38.6. The fourth-order valence-electron chi connectivity index (χ4n) is 2.61. The third-order valence-electron chi connectivity index (χ3n) is 4.01. The lowest BCUT2D eigenvalue weighted by atomic mass is 10.1. The summed E-state index contributed by atoms with van der Waals surface area (Å²) in [6.07, 6.45) is 0.940. The van der Waals surface area contributed by atoms with Gasteiger partial charge in [0.05, 0.1) is 12.2 Å². The summed E-state index contributed by atoms with van der Waals surface area (Å²) in [5, 5.41) is 3.20. The first kappa shape index (κ1) is 21.4. The fourth-order valence-corrected chi connectivity index (χ4v) is 2.61. The van der Waals surface area contributed by atoms with Gasteiger partial charge in [0.25, 0.3) is 0 Å². The van der Waals surface area contributed by atoms with Gasteiger partial charge >= 0.3 is 6.09 Å². The van der Waals surface area contributed by atoms with Gasteiger partial charge in [-0.25, -0.2) is 13.6 Å². The van der Waals surface area contributed by atoms with Crippen LogP contribution in [0.1, 0.15) is 32.3 Å². The number of carbonyl (C=O) groups excluding carboxylic acids is 1. The van der Waals surface area contributed by atoms with E-state index in [1.807, 2.05) is 13.8 Å². The Morgan fingerprint density at radius 1 is 1.36 bits per heavy atom. The molecule has 1 unspecified atom stereocenters. The van der Waals surface area contributed by atoms with Crippen molar-refractivity contribution in [3.8, 4) is 5.75 Å². The van der Waals surface area contributed by atoms with Crippen LogP contribution in [0.4, 0.5) is 13.6 Å². The van der Waals surface area contributed by atoms with Gasteiger partial charge in [-0.15, -0.1) is 12.4 Å². The quantitative estimate of drug-likeness (QED) is 0.823. The molecular formula is C17H25ClF2N2O3. The number of nitrogens with zero attached hydrogens (tertiary/aromatic N) is 1. The summed E-state index contributed by atoms with van der Waals surface area (Å²) in [6, 6.07) is 2.39. The molecule has 1 aliphatic rings. The van der Waals surface area contributed by atoms with Crippen LogP contribution >= 0.6 is 12.4 Å². The Balaban J connectivity index is 0.00000312. The summed E-state index contributed by atoms with van der Waals surface area (Å²) in [5.41, 5.74) is -0.292. The zero-order valence-corrected chi connectivity index (χ0v) is 15.3. The van der Waals surface area contributed by atoms with E-state index in [2.05, 4.69) is 5.32 Å². The molecule has 1 N–H and O–H groups in total. The normalized spacial score (nSPS) is 17.0. The number of nitrogens with one attached hydrogen (secondary N) is 1. The van der Waals surface area contributed by atoms with Crippen LogP contribution < -0.4 is 10.1 Å². The monoisotopic (exact) mass is 378 g/mol.